The summed E-state index contributed by atoms with van der Waals surface area (Å²) in [5, 5.41) is 13.3. The number of aliphatic carboxylic acids is 1. The Morgan fingerprint density at radius 2 is 2.08 bits per heavy atom. The molecule has 0 aromatic heterocycles. The monoisotopic (exact) mass is 359 g/mol. The number of carboxylic acids is 1. The Labute approximate surface area is 147 Å². The van der Waals surface area contributed by atoms with E-state index in [-0.39, 0.29) is 18.9 Å². The minimum atomic E-state index is -0.924. The van der Waals surface area contributed by atoms with E-state index in [0.29, 0.717) is 15.0 Å². The Kier molecular flexibility index (Phi) is 4.82. The van der Waals surface area contributed by atoms with E-state index in [1.807, 2.05) is 30.3 Å². The van der Waals surface area contributed by atoms with Crippen LogP contribution in [-0.2, 0) is 9.59 Å². The summed E-state index contributed by atoms with van der Waals surface area (Å²) in [4.78, 5) is 23.1. The average molecular weight is 359 g/mol. The Hall–Kier alpha value is -2.38. The lowest BCUT2D eigenvalue weighted by Gasteiger charge is -2.12. The number of amides is 1. The molecule has 1 aliphatic rings. The molecule has 3 rings (SSSR count). The van der Waals surface area contributed by atoms with Crippen molar-refractivity contribution < 1.29 is 19.4 Å². The third-order valence-electron chi connectivity index (χ3n) is 3.42. The highest BCUT2D eigenvalue weighted by molar-refractivity contribution is 8.26. The first-order chi connectivity index (χ1) is 11.5. The van der Waals surface area contributed by atoms with E-state index in [4.69, 9.17) is 22.1 Å². The van der Waals surface area contributed by atoms with Gasteiger partial charge in [0.25, 0.3) is 5.91 Å². The van der Waals surface area contributed by atoms with Gasteiger partial charge in [-0.05, 0) is 22.9 Å². The minimum absolute atomic E-state index is 0.0571. The molecule has 122 valence electrons. The van der Waals surface area contributed by atoms with Crippen LogP contribution in [0, 0.1) is 0 Å². The number of carboxylic acid groups (broad SMARTS) is 1. The van der Waals surface area contributed by atoms with Crippen molar-refractivity contribution in [1.82, 2.24) is 5.32 Å². The molecule has 0 atom stereocenters. The second kappa shape index (κ2) is 7.02. The van der Waals surface area contributed by atoms with Gasteiger partial charge in [-0.2, -0.15) is 0 Å². The van der Waals surface area contributed by atoms with Crippen LogP contribution in [0.1, 0.15) is 12.0 Å². The normalized spacial score (nSPS) is 15.8. The predicted octanol–water partition coefficient (Wildman–Crippen LogP) is 3.18. The van der Waals surface area contributed by atoms with Gasteiger partial charge in [-0.15, -0.1) is 0 Å². The van der Waals surface area contributed by atoms with E-state index in [0.717, 1.165) is 16.3 Å². The number of carbonyl (C=O) groups is 2. The van der Waals surface area contributed by atoms with Crippen LogP contribution < -0.4 is 10.1 Å². The van der Waals surface area contributed by atoms with E-state index >= 15 is 0 Å². The highest BCUT2D eigenvalue weighted by Gasteiger charge is 2.23. The quantitative estimate of drug-likeness (QED) is 0.631. The summed E-state index contributed by atoms with van der Waals surface area (Å²) in [6.45, 7) is 0.0571. The molecular weight excluding hydrogens is 346 g/mol. The standard InChI is InChI=1S/C17H13NO4S2/c19-15(20)7-8-22-13-6-5-10-3-1-2-4-11(10)12(13)9-14-16(21)18-17(23)24-14/h1-6,9H,7-8H2,(H,19,20)(H,18,21,23)/b14-9+. The molecule has 2 N–H and O–H groups in total. The van der Waals surface area contributed by atoms with E-state index in [9.17, 15) is 9.59 Å². The zero-order valence-corrected chi connectivity index (χ0v) is 14.1. The molecule has 1 saturated heterocycles. The molecular formula is C17H13NO4S2. The molecule has 2 aromatic carbocycles. The highest BCUT2D eigenvalue weighted by Crippen LogP contribution is 2.34. The first-order valence-electron chi connectivity index (χ1n) is 7.16. The van der Waals surface area contributed by atoms with Crippen LogP contribution in [0.2, 0.25) is 0 Å². The molecule has 1 heterocycles. The molecule has 24 heavy (non-hydrogen) atoms. The van der Waals surface area contributed by atoms with Crippen LogP contribution in [-0.4, -0.2) is 27.9 Å². The summed E-state index contributed by atoms with van der Waals surface area (Å²) in [6, 6.07) is 11.4. The van der Waals surface area contributed by atoms with Crippen molar-refractivity contribution in [2.45, 2.75) is 6.42 Å². The van der Waals surface area contributed by atoms with Crippen molar-refractivity contribution >= 4 is 57.0 Å². The van der Waals surface area contributed by atoms with Crippen molar-refractivity contribution in [3.05, 3.63) is 46.9 Å². The SMILES string of the molecule is O=C(O)CCOc1ccc2ccccc2c1/C=C1/SC(=S)NC1=O. The number of rotatable bonds is 5. The number of benzene rings is 2. The smallest absolute Gasteiger partial charge is 0.306 e. The molecule has 0 aliphatic carbocycles. The van der Waals surface area contributed by atoms with Crippen LogP contribution in [0.25, 0.3) is 16.8 Å². The van der Waals surface area contributed by atoms with E-state index in [1.54, 1.807) is 12.1 Å². The second-order valence-electron chi connectivity index (χ2n) is 5.04. The van der Waals surface area contributed by atoms with Gasteiger partial charge in [0.05, 0.1) is 17.9 Å². The van der Waals surface area contributed by atoms with Gasteiger partial charge in [0.15, 0.2) is 0 Å². The zero-order chi connectivity index (χ0) is 17.1. The summed E-state index contributed by atoms with van der Waals surface area (Å²) < 4.78 is 6.05. The summed E-state index contributed by atoms with van der Waals surface area (Å²) in [7, 11) is 0. The molecule has 0 saturated carbocycles. The van der Waals surface area contributed by atoms with Gasteiger partial charge in [0, 0.05) is 5.56 Å². The number of carbonyl (C=O) groups excluding carboxylic acids is 1. The number of fused-ring (bicyclic) bond motifs is 1. The minimum Gasteiger partial charge on any atom is -0.492 e. The second-order valence-corrected chi connectivity index (χ2v) is 6.76. The number of thiocarbonyl (C=S) groups is 1. The largest absolute Gasteiger partial charge is 0.492 e. The summed E-state index contributed by atoms with van der Waals surface area (Å²) in [6.07, 6.45) is 1.64. The fraction of sp³-hybridized carbons (Fsp3) is 0.118. The van der Waals surface area contributed by atoms with Crippen molar-refractivity contribution in [1.29, 1.82) is 0 Å². The summed E-state index contributed by atoms with van der Waals surface area (Å²) in [5.41, 5.74) is 0.737. The number of hydrogen-bond acceptors (Lipinski definition) is 5. The molecule has 2 aromatic rings. The van der Waals surface area contributed by atoms with Crippen LogP contribution >= 0.6 is 24.0 Å². The predicted molar refractivity (Wildman–Crippen MR) is 98.0 cm³/mol. The highest BCUT2D eigenvalue weighted by atomic mass is 32.2. The van der Waals surface area contributed by atoms with Crippen LogP contribution in [0.3, 0.4) is 0 Å². The molecule has 0 spiro atoms. The Bertz CT molecular complexity index is 876. The van der Waals surface area contributed by atoms with E-state index in [2.05, 4.69) is 5.32 Å². The molecule has 1 aliphatic heterocycles. The summed E-state index contributed by atoms with van der Waals surface area (Å²) >= 11 is 6.21. The maximum Gasteiger partial charge on any atom is 0.306 e. The molecule has 0 radical (unpaired) electrons. The lowest BCUT2D eigenvalue weighted by molar-refractivity contribution is -0.137. The Morgan fingerprint density at radius 1 is 1.29 bits per heavy atom. The third kappa shape index (κ3) is 3.58. The van der Waals surface area contributed by atoms with Gasteiger partial charge < -0.3 is 15.2 Å². The van der Waals surface area contributed by atoms with Crippen molar-refractivity contribution in [3.63, 3.8) is 0 Å². The Balaban J connectivity index is 2.04. The summed E-state index contributed by atoms with van der Waals surface area (Å²) in [5.74, 6) is -0.630. The van der Waals surface area contributed by atoms with Gasteiger partial charge in [-0.1, -0.05) is 54.3 Å². The number of thioether (sulfide) groups is 1. The first-order valence-corrected chi connectivity index (χ1v) is 8.38. The van der Waals surface area contributed by atoms with Gasteiger partial charge in [0.2, 0.25) is 0 Å². The lowest BCUT2D eigenvalue weighted by atomic mass is 10.0. The van der Waals surface area contributed by atoms with Crippen LogP contribution in [0.4, 0.5) is 0 Å². The van der Waals surface area contributed by atoms with Gasteiger partial charge in [0.1, 0.15) is 10.1 Å². The van der Waals surface area contributed by atoms with Gasteiger partial charge >= 0.3 is 5.97 Å². The maximum absolute atomic E-state index is 11.9. The molecule has 1 fully saturated rings. The van der Waals surface area contributed by atoms with Crippen molar-refractivity contribution in [3.8, 4) is 5.75 Å². The molecule has 7 heteroatoms. The molecule has 0 unspecified atom stereocenters. The lowest BCUT2D eigenvalue weighted by Crippen LogP contribution is -2.17. The molecule has 1 amide bonds. The third-order valence-corrected chi connectivity index (χ3v) is 4.58. The fourth-order valence-electron chi connectivity index (χ4n) is 2.35. The van der Waals surface area contributed by atoms with E-state index in [1.165, 1.54) is 11.8 Å². The number of hydrogen-bond donors (Lipinski definition) is 2. The fourth-order valence-corrected chi connectivity index (χ4v) is 3.38. The van der Waals surface area contributed by atoms with E-state index < -0.39 is 5.97 Å². The van der Waals surface area contributed by atoms with Crippen molar-refractivity contribution in [2.24, 2.45) is 0 Å². The first kappa shape index (κ1) is 16.5. The zero-order valence-electron chi connectivity index (χ0n) is 12.4. The van der Waals surface area contributed by atoms with Gasteiger partial charge in [-0.3, -0.25) is 9.59 Å². The topological polar surface area (TPSA) is 75.6 Å². The maximum atomic E-state index is 11.9. The average Bonchev–Trinajstić information content (AvgIpc) is 2.86. The van der Waals surface area contributed by atoms with Crippen LogP contribution in [0.5, 0.6) is 5.75 Å². The van der Waals surface area contributed by atoms with Crippen LogP contribution in [0.15, 0.2) is 41.3 Å². The number of nitrogens with one attached hydrogen (secondary N) is 1. The van der Waals surface area contributed by atoms with Gasteiger partial charge in [-0.25, -0.2) is 0 Å². The molecule has 0 bridgehead atoms. The van der Waals surface area contributed by atoms with Crippen molar-refractivity contribution in [2.75, 3.05) is 6.61 Å². The number of ether oxygens (including phenoxy) is 1. The Morgan fingerprint density at radius 3 is 2.79 bits per heavy atom. The molecule has 5 nitrogen and oxygen atoms in total.